The molecule has 0 bridgehead atoms. The Hall–Kier alpha value is -1.73. The van der Waals surface area contributed by atoms with Gasteiger partial charge in [0.05, 0.1) is 5.75 Å². The molecule has 0 saturated carbocycles. The highest BCUT2D eigenvalue weighted by Crippen LogP contribution is 2.26. The Morgan fingerprint density at radius 3 is 2.33 bits per heavy atom. The molecule has 0 aliphatic heterocycles. The van der Waals surface area contributed by atoms with Crippen molar-refractivity contribution in [2.24, 2.45) is 0 Å². The Labute approximate surface area is 176 Å². The van der Waals surface area contributed by atoms with Crippen LogP contribution in [0.3, 0.4) is 0 Å². The van der Waals surface area contributed by atoms with Gasteiger partial charge in [0.15, 0.2) is 11.0 Å². The average Bonchev–Trinajstić information content (AvgIpc) is 3.02. The van der Waals surface area contributed by atoms with Gasteiger partial charge in [0.25, 0.3) is 0 Å². The molecule has 0 aliphatic rings. The van der Waals surface area contributed by atoms with Gasteiger partial charge in [-0.3, -0.25) is 4.79 Å². The van der Waals surface area contributed by atoms with Crippen LogP contribution in [0.25, 0.3) is 11.4 Å². The van der Waals surface area contributed by atoms with E-state index in [1.165, 1.54) is 11.8 Å². The molecule has 0 spiro atoms. The molecular weight excluding hydrogens is 427 g/mol. The van der Waals surface area contributed by atoms with Crippen LogP contribution >= 0.6 is 46.6 Å². The fourth-order valence-corrected chi connectivity index (χ4v) is 3.90. The number of thioether (sulfide) groups is 1. The fraction of sp³-hybridized carbons (Fsp3) is 0.167. The minimum absolute atomic E-state index is 0.183. The molecule has 5 nitrogen and oxygen atoms in total. The molecule has 0 unspecified atom stereocenters. The smallest absolute Gasteiger partial charge is 0.234 e. The number of aromatic nitrogens is 3. The SMILES string of the molecule is CCn1c(SCC(=O)Nc2cc(Cl)cc(Cl)c2)nnc1-c1ccc(Cl)cc1. The minimum Gasteiger partial charge on any atom is -0.325 e. The van der Waals surface area contributed by atoms with Crippen LogP contribution in [0.5, 0.6) is 0 Å². The van der Waals surface area contributed by atoms with E-state index in [0.29, 0.717) is 32.5 Å². The lowest BCUT2D eigenvalue weighted by molar-refractivity contribution is -0.113. The van der Waals surface area contributed by atoms with Crippen LogP contribution in [0.15, 0.2) is 47.6 Å². The van der Waals surface area contributed by atoms with E-state index in [9.17, 15) is 4.79 Å². The van der Waals surface area contributed by atoms with E-state index in [2.05, 4.69) is 15.5 Å². The Kier molecular flexibility index (Phi) is 6.65. The van der Waals surface area contributed by atoms with Crippen molar-refractivity contribution in [1.29, 1.82) is 0 Å². The first kappa shape index (κ1) is 20.0. The third-order valence-corrected chi connectivity index (χ3v) is 5.27. The second-order valence-electron chi connectivity index (χ2n) is 5.55. The summed E-state index contributed by atoms with van der Waals surface area (Å²) in [6, 6.07) is 12.3. The topological polar surface area (TPSA) is 59.8 Å². The van der Waals surface area contributed by atoms with Crippen molar-refractivity contribution >= 4 is 58.2 Å². The van der Waals surface area contributed by atoms with Gasteiger partial charge in [0, 0.05) is 32.9 Å². The molecule has 3 aromatic rings. The predicted octanol–water partition coefficient (Wildman–Crippen LogP) is 5.66. The first-order valence-corrected chi connectivity index (χ1v) is 10.2. The summed E-state index contributed by atoms with van der Waals surface area (Å²) in [5, 5.41) is 13.5. The van der Waals surface area contributed by atoms with Gasteiger partial charge in [0.2, 0.25) is 5.91 Å². The molecule has 1 aromatic heterocycles. The largest absolute Gasteiger partial charge is 0.325 e. The highest BCUT2D eigenvalue weighted by Gasteiger charge is 2.15. The van der Waals surface area contributed by atoms with Gasteiger partial charge in [-0.15, -0.1) is 10.2 Å². The Morgan fingerprint density at radius 1 is 1.04 bits per heavy atom. The first-order valence-electron chi connectivity index (χ1n) is 8.04. The van der Waals surface area contributed by atoms with Crippen molar-refractivity contribution < 1.29 is 4.79 Å². The molecule has 0 aliphatic carbocycles. The van der Waals surface area contributed by atoms with Gasteiger partial charge in [-0.05, 0) is 49.4 Å². The molecule has 1 N–H and O–H groups in total. The third-order valence-electron chi connectivity index (χ3n) is 3.61. The van der Waals surface area contributed by atoms with E-state index in [1.807, 2.05) is 35.8 Å². The van der Waals surface area contributed by atoms with Gasteiger partial charge >= 0.3 is 0 Å². The summed E-state index contributed by atoms with van der Waals surface area (Å²) >= 11 is 19.1. The summed E-state index contributed by atoms with van der Waals surface area (Å²) in [7, 11) is 0. The number of carbonyl (C=O) groups excluding carboxylic acids is 1. The maximum absolute atomic E-state index is 12.2. The summed E-state index contributed by atoms with van der Waals surface area (Å²) in [6.45, 7) is 2.68. The number of benzene rings is 2. The third kappa shape index (κ3) is 5.17. The lowest BCUT2D eigenvalue weighted by atomic mass is 10.2. The molecule has 1 amide bonds. The van der Waals surface area contributed by atoms with E-state index in [1.54, 1.807) is 18.2 Å². The maximum Gasteiger partial charge on any atom is 0.234 e. The first-order chi connectivity index (χ1) is 13.0. The van der Waals surface area contributed by atoms with E-state index >= 15 is 0 Å². The molecule has 9 heteroatoms. The molecule has 0 saturated heterocycles. The number of nitrogens with zero attached hydrogens (tertiary/aromatic N) is 3. The summed E-state index contributed by atoms with van der Waals surface area (Å²) in [4.78, 5) is 12.2. The van der Waals surface area contributed by atoms with E-state index in [0.717, 1.165) is 11.4 Å². The maximum atomic E-state index is 12.2. The van der Waals surface area contributed by atoms with E-state index in [4.69, 9.17) is 34.8 Å². The molecule has 1 heterocycles. The number of hydrogen-bond donors (Lipinski definition) is 1. The number of carbonyl (C=O) groups is 1. The summed E-state index contributed by atoms with van der Waals surface area (Å²) < 4.78 is 1.96. The van der Waals surface area contributed by atoms with Crippen LogP contribution in [-0.2, 0) is 11.3 Å². The molecule has 3 rings (SSSR count). The number of amides is 1. The number of rotatable bonds is 6. The molecule has 0 radical (unpaired) electrons. The predicted molar refractivity (Wildman–Crippen MR) is 112 cm³/mol. The molecule has 0 fully saturated rings. The van der Waals surface area contributed by atoms with Crippen LogP contribution in [0, 0.1) is 0 Å². The monoisotopic (exact) mass is 440 g/mol. The number of hydrogen-bond acceptors (Lipinski definition) is 4. The van der Waals surface area contributed by atoms with Crippen LogP contribution < -0.4 is 5.32 Å². The highest BCUT2D eigenvalue weighted by atomic mass is 35.5. The molecular formula is C18H15Cl3N4OS. The lowest BCUT2D eigenvalue weighted by Crippen LogP contribution is -2.14. The van der Waals surface area contributed by atoms with E-state index in [-0.39, 0.29) is 11.7 Å². The van der Waals surface area contributed by atoms with Crippen LogP contribution in [-0.4, -0.2) is 26.4 Å². The Balaban J connectivity index is 1.69. The van der Waals surface area contributed by atoms with Crippen LogP contribution in [0.4, 0.5) is 5.69 Å². The van der Waals surface area contributed by atoms with Crippen LogP contribution in [0.2, 0.25) is 15.1 Å². The highest BCUT2D eigenvalue weighted by molar-refractivity contribution is 7.99. The van der Waals surface area contributed by atoms with Crippen molar-refractivity contribution in [3.8, 4) is 11.4 Å². The number of halogens is 3. The van der Waals surface area contributed by atoms with Crippen molar-refractivity contribution in [2.45, 2.75) is 18.6 Å². The fourth-order valence-electron chi connectivity index (χ4n) is 2.45. The molecule has 27 heavy (non-hydrogen) atoms. The quantitative estimate of drug-likeness (QED) is 0.502. The van der Waals surface area contributed by atoms with Gasteiger partial charge in [-0.1, -0.05) is 46.6 Å². The molecule has 140 valence electrons. The summed E-state index contributed by atoms with van der Waals surface area (Å²) in [5.41, 5.74) is 1.47. The van der Waals surface area contributed by atoms with Gasteiger partial charge < -0.3 is 9.88 Å². The number of anilines is 1. The average molecular weight is 442 g/mol. The van der Waals surface area contributed by atoms with E-state index < -0.39 is 0 Å². The summed E-state index contributed by atoms with van der Waals surface area (Å²) in [6.07, 6.45) is 0. The van der Waals surface area contributed by atoms with Gasteiger partial charge in [-0.25, -0.2) is 0 Å². The summed E-state index contributed by atoms with van der Waals surface area (Å²) in [5.74, 6) is 0.735. The molecule has 2 aromatic carbocycles. The van der Waals surface area contributed by atoms with Crippen molar-refractivity contribution in [2.75, 3.05) is 11.1 Å². The van der Waals surface area contributed by atoms with Crippen LogP contribution in [0.1, 0.15) is 6.92 Å². The second-order valence-corrected chi connectivity index (χ2v) is 7.80. The second kappa shape index (κ2) is 8.97. The zero-order chi connectivity index (χ0) is 19.4. The van der Waals surface area contributed by atoms with Gasteiger partial charge in [-0.2, -0.15) is 0 Å². The Bertz CT molecular complexity index is 939. The van der Waals surface area contributed by atoms with Gasteiger partial charge in [0.1, 0.15) is 0 Å². The zero-order valence-electron chi connectivity index (χ0n) is 14.2. The zero-order valence-corrected chi connectivity index (χ0v) is 17.3. The van der Waals surface area contributed by atoms with Crippen molar-refractivity contribution in [3.05, 3.63) is 57.5 Å². The van der Waals surface area contributed by atoms with Crippen molar-refractivity contribution in [3.63, 3.8) is 0 Å². The standard InChI is InChI=1S/C18H15Cl3N4OS/c1-2-25-17(11-3-5-12(19)6-4-11)23-24-18(25)27-10-16(26)22-15-8-13(20)7-14(21)9-15/h3-9H,2,10H2,1H3,(H,22,26). The Morgan fingerprint density at radius 2 is 1.70 bits per heavy atom. The number of nitrogens with one attached hydrogen (secondary N) is 1. The van der Waals surface area contributed by atoms with Crippen molar-refractivity contribution in [1.82, 2.24) is 14.8 Å². The molecule has 0 atom stereocenters. The minimum atomic E-state index is -0.183. The normalized spacial score (nSPS) is 10.8. The lowest BCUT2D eigenvalue weighted by Gasteiger charge is -2.08.